The topological polar surface area (TPSA) is 60.2 Å². The molecule has 88 valence electrons. The van der Waals surface area contributed by atoms with Gasteiger partial charge in [-0.1, -0.05) is 18.2 Å². The number of sulfone groups is 1. The fraction of sp³-hybridized carbons (Fsp3) is 0.500. The van der Waals surface area contributed by atoms with Gasteiger partial charge in [-0.3, -0.25) is 0 Å². The number of nitrogens with two attached hydrogens (primary N) is 1. The molecule has 1 aromatic rings. The van der Waals surface area contributed by atoms with Gasteiger partial charge in [0.15, 0.2) is 9.84 Å². The lowest BCUT2D eigenvalue weighted by molar-refractivity contribution is 0.583. The second-order valence-corrected chi connectivity index (χ2v) is 6.85. The van der Waals surface area contributed by atoms with E-state index in [-0.39, 0.29) is 5.92 Å². The molecule has 0 aliphatic carbocycles. The molecule has 1 aliphatic heterocycles. The van der Waals surface area contributed by atoms with Gasteiger partial charge in [0.05, 0.1) is 11.5 Å². The normalized spacial score (nSPS) is 23.4. The maximum atomic E-state index is 11.4. The summed E-state index contributed by atoms with van der Waals surface area (Å²) in [6.07, 6.45) is 1.56. The summed E-state index contributed by atoms with van der Waals surface area (Å²) >= 11 is 0. The van der Waals surface area contributed by atoms with E-state index in [1.165, 1.54) is 0 Å². The number of rotatable bonds is 2. The van der Waals surface area contributed by atoms with E-state index in [0.29, 0.717) is 11.5 Å². The van der Waals surface area contributed by atoms with Crippen molar-refractivity contribution in [2.75, 3.05) is 17.2 Å². The maximum absolute atomic E-state index is 11.4. The Morgan fingerprint density at radius 3 is 2.81 bits per heavy atom. The summed E-state index contributed by atoms with van der Waals surface area (Å²) in [6, 6.07) is 5.95. The van der Waals surface area contributed by atoms with Crippen LogP contribution in [-0.4, -0.2) is 19.9 Å². The van der Waals surface area contributed by atoms with Gasteiger partial charge in [0.1, 0.15) is 0 Å². The van der Waals surface area contributed by atoms with Crippen LogP contribution in [0.2, 0.25) is 0 Å². The maximum Gasteiger partial charge on any atom is 0.150 e. The van der Waals surface area contributed by atoms with Crippen molar-refractivity contribution < 1.29 is 8.42 Å². The van der Waals surface area contributed by atoms with Crippen molar-refractivity contribution in [3.8, 4) is 0 Å². The van der Waals surface area contributed by atoms with E-state index in [0.717, 1.165) is 29.7 Å². The molecular formula is C12H17NO2S. The van der Waals surface area contributed by atoms with E-state index in [1.807, 2.05) is 25.1 Å². The molecule has 1 heterocycles. The fourth-order valence-corrected chi connectivity index (χ4v) is 4.13. The molecule has 0 radical (unpaired) electrons. The highest BCUT2D eigenvalue weighted by atomic mass is 32.2. The molecular weight excluding hydrogens is 222 g/mol. The van der Waals surface area contributed by atoms with Crippen molar-refractivity contribution in [3.05, 3.63) is 29.3 Å². The molecule has 3 nitrogen and oxygen atoms in total. The van der Waals surface area contributed by atoms with E-state index in [1.54, 1.807) is 0 Å². The first-order valence-electron chi connectivity index (χ1n) is 5.52. The first kappa shape index (κ1) is 11.5. The minimum atomic E-state index is -2.78. The summed E-state index contributed by atoms with van der Waals surface area (Å²) in [6.45, 7) is 1.98. The van der Waals surface area contributed by atoms with Crippen LogP contribution in [0.5, 0.6) is 0 Å². The summed E-state index contributed by atoms with van der Waals surface area (Å²) in [5.74, 6) is 0.901. The van der Waals surface area contributed by atoms with Gasteiger partial charge in [-0.25, -0.2) is 8.42 Å². The molecule has 2 rings (SSSR count). The van der Waals surface area contributed by atoms with E-state index < -0.39 is 9.84 Å². The van der Waals surface area contributed by atoms with Crippen molar-refractivity contribution in [1.82, 2.24) is 0 Å². The minimum Gasteiger partial charge on any atom is -0.398 e. The van der Waals surface area contributed by atoms with E-state index in [2.05, 4.69) is 0 Å². The Morgan fingerprint density at radius 2 is 2.19 bits per heavy atom. The summed E-state index contributed by atoms with van der Waals surface area (Å²) in [5.41, 5.74) is 8.94. The van der Waals surface area contributed by atoms with Crippen LogP contribution in [0.3, 0.4) is 0 Å². The van der Waals surface area contributed by atoms with Crippen LogP contribution in [0.1, 0.15) is 17.5 Å². The molecule has 16 heavy (non-hydrogen) atoms. The predicted octanol–water partition coefficient (Wildman–Crippen LogP) is 1.55. The molecule has 1 aliphatic rings. The van der Waals surface area contributed by atoms with Crippen LogP contribution in [0.15, 0.2) is 18.2 Å². The largest absolute Gasteiger partial charge is 0.398 e. The second-order valence-electron chi connectivity index (χ2n) is 4.62. The quantitative estimate of drug-likeness (QED) is 0.797. The van der Waals surface area contributed by atoms with Crippen molar-refractivity contribution in [1.29, 1.82) is 0 Å². The zero-order valence-corrected chi connectivity index (χ0v) is 10.3. The number of hydrogen-bond acceptors (Lipinski definition) is 3. The Balaban J connectivity index is 2.14. The zero-order valence-electron chi connectivity index (χ0n) is 9.44. The van der Waals surface area contributed by atoms with Crippen LogP contribution in [0, 0.1) is 12.8 Å². The van der Waals surface area contributed by atoms with Crippen LogP contribution in [0.25, 0.3) is 0 Å². The minimum absolute atomic E-state index is 0.245. The highest BCUT2D eigenvalue weighted by Gasteiger charge is 2.28. The van der Waals surface area contributed by atoms with Crippen LogP contribution >= 0.6 is 0 Å². The third-order valence-corrected chi connectivity index (χ3v) is 5.09. The highest BCUT2D eigenvalue weighted by Crippen LogP contribution is 2.26. The van der Waals surface area contributed by atoms with E-state index in [9.17, 15) is 8.42 Å². The number of aryl methyl sites for hydroxylation is 1. The van der Waals surface area contributed by atoms with Crippen molar-refractivity contribution in [2.24, 2.45) is 5.92 Å². The van der Waals surface area contributed by atoms with E-state index >= 15 is 0 Å². The van der Waals surface area contributed by atoms with Crippen LogP contribution in [-0.2, 0) is 16.3 Å². The lowest BCUT2D eigenvalue weighted by Crippen LogP contribution is -2.09. The smallest absolute Gasteiger partial charge is 0.150 e. The molecule has 0 aromatic heterocycles. The molecule has 1 atom stereocenters. The average Bonchev–Trinajstić information content (AvgIpc) is 2.53. The van der Waals surface area contributed by atoms with E-state index in [4.69, 9.17) is 5.73 Å². The summed E-state index contributed by atoms with van der Waals surface area (Å²) < 4.78 is 22.7. The number of benzene rings is 1. The van der Waals surface area contributed by atoms with Gasteiger partial charge in [-0.05, 0) is 36.8 Å². The monoisotopic (exact) mass is 239 g/mol. The molecule has 2 N–H and O–H groups in total. The second kappa shape index (κ2) is 4.09. The Hall–Kier alpha value is -1.03. The third-order valence-electron chi connectivity index (χ3n) is 3.25. The first-order valence-corrected chi connectivity index (χ1v) is 7.34. The Labute approximate surface area is 96.6 Å². The summed E-state index contributed by atoms with van der Waals surface area (Å²) in [4.78, 5) is 0. The van der Waals surface area contributed by atoms with Gasteiger partial charge in [0.25, 0.3) is 0 Å². The fourth-order valence-electron chi connectivity index (χ4n) is 2.26. The van der Waals surface area contributed by atoms with Gasteiger partial charge in [-0.15, -0.1) is 0 Å². The predicted molar refractivity (Wildman–Crippen MR) is 66.1 cm³/mol. The summed E-state index contributed by atoms with van der Waals surface area (Å²) in [5, 5.41) is 0. The van der Waals surface area contributed by atoms with Gasteiger partial charge in [0.2, 0.25) is 0 Å². The van der Waals surface area contributed by atoms with Crippen LogP contribution < -0.4 is 5.73 Å². The lowest BCUT2D eigenvalue weighted by atomic mass is 9.96. The molecule has 1 unspecified atom stereocenters. The zero-order chi connectivity index (χ0) is 11.8. The first-order chi connectivity index (χ1) is 7.48. The molecule has 0 amide bonds. The molecule has 0 saturated carbocycles. The van der Waals surface area contributed by atoms with Gasteiger partial charge < -0.3 is 5.73 Å². The van der Waals surface area contributed by atoms with Crippen molar-refractivity contribution in [3.63, 3.8) is 0 Å². The van der Waals surface area contributed by atoms with Gasteiger partial charge in [-0.2, -0.15) is 0 Å². The van der Waals surface area contributed by atoms with Crippen LogP contribution in [0.4, 0.5) is 5.69 Å². The van der Waals surface area contributed by atoms with Crippen molar-refractivity contribution in [2.45, 2.75) is 19.8 Å². The van der Waals surface area contributed by atoms with Crippen molar-refractivity contribution >= 4 is 15.5 Å². The summed E-state index contributed by atoms with van der Waals surface area (Å²) in [7, 11) is -2.78. The lowest BCUT2D eigenvalue weighted by Gasteiger charge is -2.11. The Morgan fingerprint density at radius 1 is 1.44 bits per heavy atom. The van der Waals surface area contributed by atoms with Gasteiger partial charge in [0, 0.05) is 5.69 Å². The highest BCUT2D eigenvalue weighted by molar-refractivity contribution is 7.91. The average molecular weight is 239 g/mol. The molecule has 1 saturated heterocycles. The number of anilines is 1. The van der Waals surface area contributed by atoms with Gasteiger partial charge >= 0.3 is 0 Å². The Kier molecular flexibility index (Phi) is 2.93. The SMILES string of the molecule is Cc1cccc(CC2CCS(=O)(=O)C2)c1N. The molecule has 4 heteroatoms. The molecule has 1 fully saturated rings. The number of nitrogen functional groups attached to an aromatic ring is 1. The number of para-hydroxylation sites is 1. The molecule has 0 bridgehead atoms. The molecule has 1 aromatic carbocycles. The third kappa shape index (κ3) is 2.38. The molecule has 0 spiro atoms. The standard InChI is InChI=1S/C12H17NO2S/c1-9-3-2-4-11(12(9)13)7-10-5-6-16(14,15)8-10/h2-4,10H,5-8,13H2,1H3. The number of hydrogen-bond donors (Lipinski definition) is 1. The Bertz CT molecular complexity index is 494.